The van der Waals surface area contributed by atoms with Crippen molar-refractivity contribution in [3.8, 4) is 11.3 Å². The van der Waals surface area contributed by atoms with Crippen molar-refractivity contribution in [2.45, 2.75) is 12.5 Å². The molecular formula is C13H12Cl2N4O. The Morgan fingerprint density at radius 3 is 2.55 bits per heavy atom. The number of aromatic nitrogens is 3. The maximum atomic E-state index is 12.0. The van der Waals surface area contributed by atoms with Crippen LogP contribution < -0.4 is 0 Å². The van der Waals surface area contributed by atoms with Gasteiger partial charge in [0, 0.05) is 29.2 Å². The molecule has 1 unspecified atom stereocenters. The minimum Gasteiger partial charge on any atom is -0.344 e. The maximum absolute atomic E-state index is 12.0. The molecule has 1 fully saturated rings. The molecule has 1 aromatic heterocycles. The highest BCUT2D eigenvalue weighted by Gasteiger charge is 2.31. The van der Waals surface area contributed by atoms with Gasteiger partial charge >= 0.3 is 0 Å². The number of nitrogens with zero attached hydrogens (tertiary/aromatic N) is 4. The van der Waals surface area contributed by atoms with Crippen LogP contribution in [0.1, 0.15) is 12.5 Å². The first-order valence-electron chi connectivity index (χ1n) is 6.18. The van der Waals surface area contributed by atoms with Gasteiger partial charge in [-0.05, 0) is 24.6 Å². The summed E-state index contributed by atoms with van der Waals surface area (Å²) in [6, 6.07) is 4.93. The van der Waals surface area contributed by atoms with E-state index in [1.54, 1.807) is 41.0 Å². The molecule has 0 aliphatic carbocycles. The van der Waals surface area contributed by atoms with E-state index in [-0.39, 0.29) is 11.9 Å². The maximum Gasteiger partial charge on any atom is 0.247 e. The molecule has 0 spiro atoms. The van der Waals surface area contributed by atoms with E-state index in [2.05, 4.69) is 10.3 Å². The number of carbonyl (C=O) groups is 1. The molecular weight excluding hydrogens is 299 g/mol. The molecule has 1 aliphatic heterocycles. The zero-order chi connectivity index (χ0) is 14.3. The predicted octanol–water partition coefficient (Wildman–Crippen LogP) is 2.66. The Labute approximate surface area is 126 Å². The molecule has 0 N–H and O–H groups in total. The van der Waals surface area contributed by atoms with Gasteiger partial charge in [0.15, 0.2) is 0 Å². The molecule has 1 atom stereocenters. The fourth-order valence-electron chi connectivity index (χ4n) is 2.31. The number of halogens is 2. The minimum atomic E-state index is -0.268. The van der Waals surface area contributed by atoms with Gasteiger partial charge in [0.05, 0.1) is 6.20 Å². The summed E-state index contributed by atoms with van der Waals surface area (Å²) in [5.74, 6) is 0.0607. The van der Waals surface area contributed by atoms with Crippen LogP contribution >= 0.6 is 23.2 Å². The standard InChI is InChI=1S/C13H12Cl2N4O/c1-18-3-2-12(13(18)20)19-7-11(16-17-19)8-4-9(14)6-10(15)5-8/h4-7,12H,2-3H2,1H3. The SMILES string of the molecule is CN1CCC(n2cc(-c3cc(Cl)cc(Cl)c3)nn2)C1=O. The van der Waals surface area contributed by atoms with Crippen molar-refractivity contribution in [2.75, 3.05) is 13.6 Å². The third kappa shape index (κ3) is 2.39. The number of amides is 1. The Morgan fingerprint density at radius 2 is 1.95 bits per heavy atom. The summed E-state index contributed by atoms with van der Waals surface area (Å²) in [4.78, 5) is 13.7. The van der Waals surface area contributed by atoms with Crippen molar-refractivity contribution in [3.63, 3.8) is 0 Å². The van der Waals surface area contributed by atoms with E-state index in [9.17, 15) is 4.79 Å². The Morgan fingerprint density at radius 1 is 1.25 bits per heavy atom. The summed E-state index contributed by atoms with van der Waals surface area (Å²) >= 11 is 12.0. The highest BCUT2D eigenvalue weighted by atomic mass is 35.5. The van der Waals surface area contributed by atoms with Crippen LogP contribution in [-0.2, 0) is 4.79 Å². The van der Waals surface area contributed by atoms with Gasteiger partial charge in [0.25, 0.3) is 0 Å². The lowest BCUT2D eigenvalue weighted by molar-refractivity contribution is -0.129. The van der Waals surface area contributed by atoms with E-state index >= 15 is 0 Å². The third-order valence-corrected chi connectivity index (χ3v) is 3.82. The van der Waals surface area contributed by atoms with Crippen LogP contribution in [0.4, 0.5) is 0 Å². The van der Waals surface area contributed by atoms with Gasteiger partial charge in [0.2, 0.25) is 5.91 Å². The number of rotatable bonds is 2. The van der Waals surface area contributed by atoms with E-state index in [0.29, 0.717) is 15.7 Å². The smallest absolute Gasteiger partial charge is 0.247 e. The highest BCUT2D eigenvalue weighted by Crippen LogP contribution is 2.27. The van der Waals surface area contributed by atoms with Crippen LogP contribution in [-0.4, -0.2) is 39.4 Å². The van der Waals surface area contributed by atoms with E-state index in [4.69, 9.17) is 23.2 Å². The third-order valence-electron chi connectivity index (χ3n) is 3.39. The molecule has 0 saturated carbocycles. The summed E-state index contributed by atoms with van der Waals surface area (Å²) in [6.07, 6.45) is 2.50. The Bertz CT molecular complexity index is 650. The number of likely N-dealkylation sites (N-methyl/N-ethyl adjacent to an activating group) is 1. The first-order chi connectivity index (χ1) is 9.54. The van der Waals surface area contributed by atoms with Crippen molar-refractivity contribution in [1.82, 2.24) is 19.9 Å². The molecule has 1 aromatic carbocycles. The molecule has 5 nitrogen and oxygen atoms in total. The average Bonchev–Trinajstić information content (AvgIpc) is 2.97. The van der Waals surface area contributed by atoms with Gasteiger partial charge in [-0.3, -0.25) is 4.79 Å². The van der Waals surface area contributed by atoms with Crippen LogP contribution in [0.15, 0.2) is 24.4 Å². The van der Waals surface area contributed by atoms with E-state index in [1.165, 1.54) is 0 Å². The first-order valence-corrected chi connectivity index (χ1v) is 6.93. The molecule has 104 valence electrons. The molecule has 2 aromatic rings. The van der Waals surface area contributed by atoms with Crippen molar-refractivity contribution in [1.29, 1.82) is 0 Å². The Hall–Kier alpha value is -1.59. The van der Waals surface area contributed by atoms with Crippen LogP contribution in [0.25, 0.3) is 11.3 Å². The van der Waals surface area contributed by atoms with Crippen molar-refractivity contribution in [2.24, 2.45) is 0 Å². The zero-order valence-electron chi connectivity index (χ0n) is 10.8. The molecule has 7 heteroatoms. The second kappa shape index (κ2) is 5.07. The summed E-state index contributed by atoms with van der Waals surface area (Å²) in [5, 5.41) is 9.23. The van der Waals surface area contributed by atoms with Crippen LogP contribution in [0.5, 0.6) is 0 Å². The molecule has 20 heavy (non-hydrogen) atoms. The highest BCUT2D eigenvalue weighted by molar-refractivity contribution is 6.35. The Balaban J connectivity index is 1.92. The summed E-state index contributed by atoms with van der Waals surface area (Å²) < 4.78 is 1.61. The molecule has 1 saturated heterocycles. The van der Waals surface area contributed by atoms with Gasteiger partial charge in [-0.2, -0.15) is 0 Å². The van der Waals surface area contributed by atoms with E-state index in [0.717, 1.165) is 18.5 Å². The number of hydrogen-bond donors (Lipinski definition) is 0. The van der Waals surface area contributed by atoms with Crippen LogP contribution in [0, 0.1) is 0 Å². The van der Waals surface area contributed by atoms with Gasteiger partial charge < -0.3 is 4.90 Å². The monoisotopic (exact) mass is 310 g/mol. The Kier molecular flexibility index (Phi) is 3.40. The molecule has 3 rings (SSSR count). The summed E-state index contributed by atoms with van der Waals surface area (Å²) in [7, 11) is 1.79. The summed E-state index contributed by atoms with van der Waals surface area (Å²) in [5.41, 5.74) is 1.43. The lowest BCUT2D eigenvalue weighted by atomic mass is 10.2. The van der Waals surface area contributed by atoms with Gasteiger partial charge in [-0.15, -0.1) is 5.10 Å². The molecule has 1 amide bonds. The number of hydrogen-bond acceptors (Lipinski definition) is 3. The zero-order valence-corrected chi connectivity index (χ0v) is 12.3. The molecule has 0 radical (unpaired) electrons. The van der Waals surface area contributed by atoms with Crippen LogP contribution in [0.3, 0.4) is 0 Å². The van der Waals surface area contributed by atoms with Gasteiger partial charge in [-0.25, -0.2) is 4.68 Å². The lowest BCUT2D eigenvalue weighted by Gasteiger charge is -2.09. The minimum absolute atomic E-state index is 0.0607. The summed E-state index contributed by atoms with van der Waals surface area (Å²) in [6.45, 7) is 0.738. The number of carbonyl (C=O) groups excluding carboxylic acids is 1. The second-order valence-corrected chi connectivity index (χ2v) is 5.68. The quantitative estimate of drug-likeness (QED) is 0.857. The molecule has 2 heterocycles. The number of likely N-dealkylation sites (tertiary alicyclic amines) is 1. The van der Waals surface area contributed by atoms with Gasteiger partial charge in [-0.1, -0.05) is 28.4 Å². The normalized spacial score (nSPS) is 18.9. The fraction of sp³-hybridized carbons (Fsp3) is 0.308. The van der Waals surface area contributed by atoms with E-state index in [1.807, 2.05) is 0 Å². The van der Waals surface area contributed by atoms with Crippen molar-refractivity contribution in [3.05, 3.63) is 34.4 Å². The lowest BCUT2D eigenvalue weighted by Crippen LogP contribution is -2.24. The number of benzene rings is 1. The topological polar surface area (TPSA) is 51.0 Å². The van der Waals surface area contributed by atoms with Gasteiger partial charge in [0.1, 0.15) is 11.7 Å². The second-order valence-electron chi connectivity index (χ2n) is 4.81. The molecule has 0 bridgehead atoms. The predicted molar refractivity (Wildman–Crippen MR) is 76.8 cm³/mol. The molecule has 1 aliphatic rings. The van der Waals surface area contributed by atoms with Crippen LogP contribution in [0.2, 0.25) is 10.0 Å². The fourth-order valence-corrected chi connectivity index (χ4v) is 2.84. The van der Waals surface area contributed by atoms with Crippen molar-refractivity contribution >= 4 is 29.1 Å². The van der Waals surface area contributed by atoms with Crippen molar-refractivity contribution < 1.29 is 4.79 Å². The largest absolute Gasteiger partial charge is 0.344 e. The average molecular weight is 311 g/mol. The van der Waals surface area contributed by atoms with E-state index < -0.39 is 0 Å². The first kappa shape index (κ1) is 13.4.